The highest BCUT2D eigenvalue weighted by atomic mass is 32.2. The molecule has 0 aromatic heterocycles. The van der Waals surface area contributed by atoms with Crippen LogP contribution in [-0.4, -0.2) is 42.4 Å². The molecule has 0 aliphatic heterocycles. The molecule has 22 heavy (non-hydrogen) atoms. The first kappa shape index (κ1) is 18.9. The third kappa shape index (κ3) is 5.59. The molecule has 0 aromatic rings. The second-order valence-electron chi connectivity index (χ2n) is 6.40. The molecule has 1 fully saturated rings. The summed E-state index contributed by atoms with van der Waals surface area (Å²) in [6.45, 7) is 3.68. The molecule has 1 saturated carbocycles. The fourth-order valence-electron chi connectivity index (χ4n) is 3.08. The first-order valence-corrected chi connectivity index (χ1v) is 9.76. The van der Waals surface area contributed by atoms with Gasteiger partial charge in [-0.15, -0.1) is 0 Å². The van der Waals surface area contributed by atoms with Gasteiger partial charge in [-0.3, -0.25) is 9.59 Å². The van der Waals surface area contributed by atoms with Gasteiger partial charge in [-0.2, -0.15) is 0 Å². The van der Waals surface area contributed by atoms with Gasteiger partial charge in [0.1, 0.15) is 5.75 Å². The van der Waals surface area contributed by atoms with E-state index in [9.17, 15) is 23.1 Å². The third-order valence-electron chi connectivity index (χ3n) is 4.34. The number of unbranched alkanes of at least 4 members (excludes halogenated alkanes) is 2. The van der Waals surface area contributed by atoms with Crippen molar-refractivity contribution in [2.75, 3.05) is 11.5 Å². The lowest BCUT2D eigenvalue weighted by molar-refractivity contribution is -0.146. The standard InChI is InChI=1S/C15H27NO5S/c1-3-4-7-10-22(20,21)11-13(17)16-15(2)9-6-5-8-12(15)14(18)19/h12H,3-11H2,1-2H3,(H,16,17)(H,18,19). The lowest BCUT2D eigenvalue weighted by Gasteiger charge is -2.39. The van der Waals surface area contributed by atoms with Crippen molar-refractivity contribution >= 4 is 21.7 Å². The van der Waals surface area contributed by atoms with Gasteiger partial charge in [0.25, 0.3) is 0 Å². The predicted octanol–water partition coefficient (Wildman–Crippen LogP) is 1.74. The van der Waals surface area contributed by atoms with Gasteiger partial charge in [-0.25, -0.2) is 8.42 Å². The molecule has 0 heterocycles. The Morgan fingerprint density at radius 3 is 2.55 bits per heavy atom. The molecule has 2 N–H and O–H groups in total. The average molecular weight is 333 g/mol. The minimum Gasteiger partial charge on any atom is -0.481 e. The largest absolute Gasteiger partial charge is 0.481 e. The Bertz CT molecular complexity index is 502. The number of amides is 1. The summed E-state index contributed by atoms with van der Waals surface area (Å²) in [5, 5.41) is 12.0. The molecule has 1 amide bonds. The van der Waals surface area contributed by atoms with Gasteiger partial charge in [0.05, 0.1) is 17.2 Å². The molecule has 0 bridgehead atoms. The summed E-state index contributed by atoms with van der Waals surface area (Å²) in [5.74, 6) is -2.74. The zero-order valence-corrected chi connectivity index (χ0v) is 14.2. The Labute approximate surface area is 132 Å². The maximum Gasteiger partial charge on any atom is 0.308 e. The number of carboxylic acids is 1. The van der Waals surface area contributed by atoms with Gasteiger partial charge in [0, 0.05) is 0 Å². The number of carboxylic acid groups (broad SMARTS) is 1. The van der Waals surface area contributed by atoms with Crippen molar-refractivity contribution in [2.24, 2.45) is 5.92 Å². The molecule has 0 spiro atoms. The minimum atomic E-state index is -3.43. The Hall–Kier alpha value is -1.11. The molecule has 2 unspecified atom stereocenters. The van der Waals surface area contributed by atoms with Crippen LogP contribution in [-0.2, 0) is 19.4 Å². The van der Waals surface area contributed by atoms with Crippen molar-refractivity contribution in [1.82, 2.24) is 5.32 Å². The lowest BCUT2D eigenvalue weighted by Crippen LogP contribution is -2.56. The number of sulfone groups is 1. The van der Waals surface area contributed by atoms with E-state index in [-0.39, 0.29) is 5.75 Å². The summed E-state index contributed by atoms with van der Waals surface area (Å²) in [6, 6.07) is 0. The van der Waals surface area contributed by atoms with Crippen molar-refractivity contribution in [2.45, 2.75) is 64.3 Å². The fraction of sp³-hybridized carbons (Fsp3) is 0.867. The first-order valence-electron chi connectivity index (χ1n) is 7.94. The highest BCUT2D eigenvalue weighted by Gasteiger charge is 2.42. The SMILES string of the molecule is CCCCCS(=O)(=O)CC(=O)NC1(C)CCCCC1C(=O)O. The Kier molecular flexibility index (Phi) is 6.84. The molecule has 0 aromatic carbocycles. The predicted molar refractivity (Wildman–Crippen MR) is 84.3 cm³/mol. The van der Waals surface area contributed by atoms with Crippen LogP contribution in [0.1, 0.15) is 58.8 Å². The molecule has 7 heteroatoms. The van der Waals surface area contributed by atoms with Crippen LogP contribution in [0.25, 0.3) is 0 Å². The molecule has 128 valence electrons. The van der Waals surface area contributed by atoms with E-state index in [1.165, 1.54) is 0 Å². The topological polar surface area (TPSA) is 101 Å². The van der Waals surface area contributed by atoms with E-state index < -0.39 is 38.9 Å². The summed E-state index contributed by atoms with van der Waals surface area (Å²) in [7, 11) is -3.43. The zero-order chi connectivity index (χ0) is 16.8. The second-order valence-corrected chi connectivity index (χ2v) is 8.59. The maximum atomic E-state index is 12.0. The van der Waals surface area contributed by atoms with E-state index in [2.05, 4.69) is 5.32 Å². The summed E-state index contributed by atoms with van der Waals surface area (Å²) in [5.41, 5.74) is -0.861. The van der Waals surface area contributed by atoms with Gasteiger partial charge in [-0.1, -0.05) is 32.6 Å². The minimum absolute atomic E-state index is 0.00728. The van der Waals surface area contributed by atoms with E-state index in [0.717, 1.165) is 25.7 Å². The molecule has 0 saturated heterocycles. The van der Waals surface area contributed by atoms with Crippen molar-refractivity contribution < 1.29 is 23.1 Å². The smallest absolute Gasteiger partial charge is 0.308 e. The number of carbonyl (C=O) groups excluding carboxylic acids is 1. The van der Waals surface area contributed by atoms with Crippen LogP contribution in [0.5, 0.6) is 0 Å². The lowest BCUT2D eigenvalue weighted by atomic mass is 9.74. The van der Waals surface area contributed by atoms with E-state index in [1.54, 1.807) is 6.92 Å². The summed E-state index contributed by atoms with van der Waals surface area (Å²) in [6.07, 6.45) is 5.02. The number of rotatable bonds is 8. The number of aliphatic carboxylic acids is 1. The van der Waals surface area contributed by atoms with Gasteiger partial charge < -0.3 is 10.4 Å². The normalized spacial score (nSPS) is 25.6. The summed E-state index contributed by atoms with van der Waals surface area (Å²) in [4.78, 5) is 23.4. The Morgan fingerprint density at radius 1 is 1.27 bits per heavy atom. The van der Waals surface area contributed by atoms with Crippen LogP contribution in [0, 0.1) is 5.92 Å². The van der Waals surface area contributed by atoms with Crippen molar-refractivity contribution in [3.63, 3.8) is 0 Å². The van der Waals surface area contributed by atoms with E-state index in [0.29, 0.717) is 19.3 Å². The molecule has 1 aliphatic rings. The molecule has 1 rings (SSSR count). The zero-order valence-electron chi connectivity index (χ0n) is 13.4. The number of nitrogens with one attached hydrogen (secondary N) is 1. The number of hydrogen-bond acceptors (Lipinski definition) is 4. The summed E-state index contributed by atoms with van der Waals surface area (Å²) >= 11 is 0. The molecule has 2 atom stereocenters. The van der Waals surface area contributed by atoms with Gasteiger partial charge in [0.2, 0.25) is 5.91 Å². The average Bonchev–Trinajstić information content (AvgIpc) is 2.37. The molecule has 1 aliphatic carbocycles. The Balaban J connectivity index is 2.64. The quantitative estimate of drug-likeness (QED) is 0.659. The van der Waals surface area contributed by atoms with Gasteiger partial charge >= 0.3 is 5.97 Å². The van der Waals surface area contributed by atoms with Crippen molar-refractivity contribution in [3.05, 3.63) is 0 Å². The first-order chi connectivity index (χ1) is 10.2. The maximum absolute atomic E-state index is 12.0. The number of hydrogen-bond donors (Lipinski definition) is 2. The van der Waals surface area contributed by atoms with Crippen LogP contribution >= 0.6 is 0 Å². The van der Waals surface area contributed by atoms with Gasteiger partial charge in [-0.05, 0) is 26.2 Å². The summed E-state index contributed by atoms with van der Waals surface area (Å²) < 4.78 is 23.8. The van der Waals surface area contributed by atoms with Gasteiger partial charge in [0.15, 0.2) is 9.84 Å². The highest BCUT2D eigenvalue weighted by Crippen LogP contribution is 2.33. The Morgan fingerprint density at radius 2 is 1.95 bits per heavy atom. The van der Waals surface area contributed by atoms with Crippen LogP contribution in [0.4, 0.5) is 0 Å². The van der Waals surface area contributed by atoms with Crippen LogP contribution in [0.3, 0.4) is 0 Å². The fourth-order valence-corrected chi connectivity index (χ4v) is 4.34. The third-order valence-corrected chi connectivity index (χ3v) is 5.95. The molecular weight excluding hydrogens is 306 g/mol. The number of carbonyl (C=O) groups is 2. The van der Waals surface area contributed by atoms with E-state index in [1.807, 2.05) is 6.92 Å². The molecule has 6 nitrogen and oxygen atoms in total. The molecule has 0 radical (unpaired) electrons. The molecular formula is C15H27NO5S. The van der Waals surface area contributed by atoms with E-state index >= 15 is 0 Å². The van der Waals surface area contributed by atoms with Crippen LogP contribution in [0.2, 0.25) is 0 Å². The van der Waals surface area contributed by atoms with Crippen molar-refractivity contribution in [3.8, 4) is 0 Å². The van der Waals surface area contributed by atoms with Crippen LogP contribution in [0.15, 0.2) is 0 Å². The second kappa shape index (κ2) is 7.94. The van der Waals surface area contributed by atoms with Crippen LogP contribution < -0.4 is 5.32 Å². The van der Waals surface area contributed by atoms with Crippen molar-refractivity contribution in [1.29, 1.82) is 0 Å². The highest BCUT2D eigenvalue weighted by molar-refractivity contribution is 7.92. The monoisotopic (exact) mass is 333 g/mol. The van der Waals surface area contributed by atoms with E-state index in [4.69, 9.17) is 0 Å².